The smallest absolute Gasteiger partial charge is 0.475 e. The van der Waals surface area contributed by atoms with Crippen molar-refractivity contribution in [3.8, 4) is 0 Å². The van der Waals surface area contributed by atoms with Crippen molar-refractivity contribution in [1.29, 1.82) is 0 Å². The Bertz CT molecular complexity index is 846. The van der Waals surface area contributed by atoms with Crippen molar-refractivity contribution in [3.05, 3.63) is 30.1 Å². The molecule has 0 aromatic carbocycles. The summed E-state index contributed by atoms with van der Waals surface area (Å²) in [6.07, 6.45) is -5.98. The normalized spacial score (nSPS) is 21.8. The first kappa shape index (κ1) is 32.0. The first-order chi connectivity index (χ1) is 17.1. The third-order valence-corrected chi connectivity index (χ3v) is 5.06. The Kier molecular flexibility index (Phi) is 12.7. The molecule has 3 atom stereocenters. The number of hydrogen-bond donors (Lipinski definition) is 3. The molecule has 0 bridgehead atoms. The molecule has 2 fully saturated rings. The molecule has 37 heavy (non-hydrogen) atoms. The van der Waals surface area contributed by atoms with Gasteiger partial charge in [-0.2, -0.15) is 26.3 Å². The van der Waals surface area contributed by atoms with Gasteiger partial charge in [0, 0.05) is 39.5 Å². The average molecular weight is 547 g/mol. The maximum atomic E-state index is 11.9. The summed E-state index contributed by atoms with van der Waals surface area (Å²) in [5.74, 6) is -5.13. The summed E-state index contributed by atoms with van der Waals surface area (Å²) < 4.78 is 74.4. The number of aliphatic carboxylic acids is 2. The standard InChI is InChI=1S/C17H25N3O3.2C2HF3O2/c1-22-12-16(21)19-15-11-20(10-14-6-2-3-7-18-14)9-13-5-4-8-23-17(13)15;2*3-2(4,5)1(6)7/h2-3,6-7,13,15,17H,4-5,8-12H2,1H3,(H,19,21);2*(H,6,7)/t13-,15+,17-;;/m0../s1. The molecule has 0 saturated carbocycles. The van der Waals surface area contributed by atoms with Gasteiger partial charge in [-0.25, -0.2) is 9.59 Å². The van der Waals surface area contributed by atoms with Crippen LogP contribution < -0.4 is 5.32 Å². The Balaban J connectivity index is 0.000000404. The van der Waals surface area contributed by atoms with Gasteiger partial charge in [-0.3, -0.25) is 14.7 Å². The zero-order valence-electron chi connectivity index (χ0n) is 19.6. The van der Waals surface area contributed by atoms with Crippen LogP contribution in [-0.4, -0.2) is 95.9 Å². The number of carbonyl (C=O) groups excluding carboxylic acids is 1. The molecule has 3 heterocycles. The van der Waals surface area contributed by atoms with E-state index in [0.29, 0.717) is 5.92 Å². The third kappa shape index (κ3) is 12.2. The number of aromatic nitrogens is 1. The second kappa shape index (κ2) is 14.7. The number of amides is 1. The molecule has 0 radical (unpaired) electrons. The number of nitrogens with zero attached hydrogens (tertiary/aromatic N) is 2. The van der Waals surface area contributed by atoms with E-state index < -0.39 is 24.3 Å². The highest BCUT2D eigenvalue weighted by atomic mass is 19.4. The number of methoxy groups -OCH3 is 1. The lowest BCUT2D eigenvalue weighted by Gasteiger charge is -2.45. The van der Waals surface area contributed by atoms with Gasteiger partial charge in [-0.15, -0.1) is 0 Å². The fourth-order valence-corrected chi connectivity index (χ4v) is 3.65. The fraction of sp³-hybridized carbons (Fsp3) is 0.619. The minimum atomic E-state index is -5.08. The van der Waals surface area contributed by atoms with Gasteiger partial charge in [0.1, 0.15) is 6.61 Å². The van der Waals surface area contributed by atoms with Crippen molar-refractivity contribution in [2.24, 2.45) is 5.92 Å². The van der Waals surface area contributed by atoms with Crippen LogP contribution in [0.2, 0.25) is 0 Å². The van der Waals surface area contributed by atoms with Crippen molar-refractivity contribution >= 4 is 17.8 Å². The number of halogens is 6. The van der Waals surface area contributed by atoms with Crippen LogP contribution in [0.5, 0.6) is 0 Å². The van der Waals surface area contributed by atoms with Gasteiger partial charge in [0.2, 0.25) is 5.91 Å². The van der Waals surface area contributed by atoms with Crippen molar-refractivity contribution in [1.82, 2.24) is 15.2 Å². The Morgan fingerprint density at radius 3 is 2.19 bits per heavy atom. The molecule has 3 rings (SSSR count). The number of alkyl halides is 6. The van der Waals surface area contributed by atoms with Crippen molar-refractivity contribution in [2.75, 3.05) is 33.4 Å². The van der Waals surface area contributed by atoms with Crippen LogP contribution in [-0.2, 0) is 30.4 Å². The fourth-order valence-electron chi connectivity index (χ4n) is 3.65. The number of rotatable bonds is 5. The van der Waals surface area contributed by atoms with E-state index in [2.05, 4.69) is 15.2 Å². The van der Waals surface area contributed by atoms with Gasteiger partial charge in [0.05, 0.1) is 17.8 Å². The Hall–Kier alpha value is -2.98. The molecule has 2 aliphatic rings. The van der Waals surface area contributed by atoms with Crippen LogP contribution in [0.4, 0.5) is 26.3 Å². The predicted octanol–water partition coefficient (Wildman–Crippen LogP) is 2.09. The lowest BCUT2D eigenvalue weighted by molar-refractivity contribution is -0.193. The van der Waals surface area contributed by atoms with Crippen LogP contribution in [0.25, 0.3) is 0 Å². The molecule has 1 aromatic rings. The number of ether oxygens (including phenoxy) is 2. The highest BCUT2D eigenvalue weighted by Gasteiger charge is 2.40. The average Bonchev–Trinajstić information content (AvgIpc) is 2.79. The molecular formula is C21H27F6N3O7. The monoisotopic (exact) mass is 547 g/mol. The van der Waals surface area contributed by atoms with Crippen LogP contribution in [0, 0.1) is 5.92 Å². The Morgan fingerprint density at radius 1 is 1.11 bits per heavy atom. The molecule has 2 aliphatic heterocycles. The van der Waals surface area contributed by atoms with Gasteiger partial charge in [-0.05, 0) is 30.9 Å². The largest absolute Gasteiger partial charge is 0.490 e. The molecule has 0 aliphatic carbocycles. The summed E-state index contributed by atoms with van der Waals surface area (Å²) in [5, 5.41) is 17.3. The highest BCUT2D eigenvalue weighted by molar-refractivity contribution is 5.77. The van der Waals surface area contributed by atoms with Gasteiger partial charge in [0.15, 0.2) is 0 Å². The Morgan fingerprint density at radius 2 is 1.70 bits per heavy atom. The lowest BCUT2D eigenvalue weighted by atomic mass is 9.85. The number of fused-ring (bicyclic) bond motifs is 1. The third-order valence-electron chi connectivity index (χ3n) is 5.06. The number of likely N-dealkylation sites (tertiary alicyclic amines) is 1. The molecule has 2 saturated heterocycles. The first-order valence-corrected chi connectivity index (χ1v) is 10.8. The second-order valence-corrected chi connectivity index (χ2v) is 7.97. The summed E-state index contributed by atoms with van der Waals surface area (Å²) in [6, 6.07) is 6.00. The SMILES string of the molecule is COCC(=O)N[C@@H]1CN(Cc2ccccn2)C[C@@H]2CCCO[C@@H]21.O=C(O)C(F)(F)F.O=C(O)C(F)(F)F. The maximum absolute atomic E-state index is 11.9. The minimum absolute atomic E-state index is 0.0143. The summed E-state index contributed by atoms with van der Waals surface area (Å²) in [6.45, 7) is 3.47. The zero-order chi connectivity index (χ0) is 28.2. The molecule has 0 unspecified atom stereocenters. The van der Waals surface area contributed by atoms with Crippen molar-refractivity contribution in [2.45, 2.75) is 43.9 Å². The zero-order valence-corrected chi connectivity index (χ0v) is 19.6. The van der Waals surface area contributed by atoms with E-state index in [0.717, 1.165) is 44.8 Å². The highest BCUT2D eigenvalue weighted by Crippen LogP contribution is 2.29. The molecule has 210 valence electrons. The number of hydrogen-bond acceptors (Lipinski definition) is 7. The van der Waals surface area contributed by atoms with E-state index in [1.807, 2.05) is 24.4 Å². The summed E-state index contributed by atoms with van der Waals surface area (Å²) in [7, 11) is 1.54. The van der Waals surface area contributed by atoms with E-state index in [4.69, 9.17) is 29.3 Å². The molecule has 0 spiro atoms. The minimum Gasteiger partial charge on any atom is -0.475 e. The van der Waals surface area contributed by atoms with Crippen LogP contribution in [0.15, 0.2) is 24.4 Å². The number of carboxylic acids is 2. The van der Waals surface area contributed by atoms with Crippen LogP contribution in [0.1, 0.15) is 18.5 Å². The van der Waals surface area contributed by atoms with Gasteiger partial charge in [-0.1, -0.05) is 6.07 Å². The van der Waals surface area contributed by atoms with Gasteiger partial charge >= 0.3 is 24.3 Å². The van der Waals surface area contributed by atoms with E-state index in [-0.39, 0.29) is 24.7 Å². The van der Waals surface area contributed by atoms with Crippen LogP contribution >= 0.6 is 0 Å². The Labute approximate surface area is 207 Å². The molecule has 3 N–H and O–H groups in total. The first-order valence-electron chi connectivity index (χ1n) is 10.8. The predicted molar refractivity (Wildman–Crippen MR) is 113 cm³/mol. The van der Waals surface area contributed by atoms with E-state index in [1.54, 1.807) is 0 Å². The second-order valence-electron chi connectivity index (χ2n) is 7.97. The summed E-state index contributed by atoms with van der Waals surface area (Å²) >= 11 is 0. The van der Waals surface area contributed by atoms with E-state index in [9.17, 15) is 31.1 Å². The number of carbonyl (C=O) groups is 3. The van der Waals surface area contributed by atoms with Crippen molar-refractivity contribution in [3.63, 3.8) is 0 Å². The van der Waals surface area contributed by atoms with Crippen LogP contribution in [0.3, 0.4) is 0 Å². The molecule has 1 amide bonds. The van der Waals surface area contributed by atoms with Gasteiger partial charge < -0.3 is 25.0 Å². The van der Waals surface area contributed by atoms with Gasteiger partial charge in [0.25, 0.3) is 0 Å². The molecule has 10 nitrogen and oxygen atoms in total. The summed E-state index contributed by atoms with van der Waals surface area (Å²) in [4.78, 5) is 36.5. The number of pyridine rings is 1. The molecule has 16 heteroatoms. The number of nitrogens with one attached hydrogen (secondary N) is 1. The number of piperidine rings is 1. The molecular weight excluding hydrogens is 520 g/mol. The van der Waals surface area contributed by atoms with E-state index >= 15 is 0 Å². The molecule has 1 aromatic heterocycles. The topological polar surface area (TPSA) is 138 Å². The number of carboxylic acid groups (broad SMARTS) is 2. The quantitative estimate of drug-likeness (QED) is 0.473. The summed E-state index contributed by atoms with van der Waals surface area (Å²) in [5.41, 5.74) is 1.06. The van der Waals surface area contributed by atoms with E-state index in [1.165, 1.54) is 7.11 Å². The van der Waals surface area contributed by atoms with Crippen molar-refractivity contribution < 1.29 is 60.4 Å². The lowest BCUT2D eigenvalue weighted by Crippen LogP contribution is -2.61. The maximum Gasteiger partial charge on any atom is 0.490 e.